The Labute approximate surface area is 214 Å². The molecular weight excluding hydrogens is 482 g/mol. The summed E-state index contributed by atoms with van der Waals surface area (Å²) in [5, 5.41) is 26.7. The molecule has 12 nitrogen and oxygen atoms in total. The lowest BCUT2D eigenvalue weighted by molar-refractivity contribution is -0.144. The summed E-state index contributed by atoms with van der Waals surface area (Å²) in [6.45, 7) is 6.49. The zero-order valence-electron chi connectivity index (χ0n) is 21.3. The van der Waals surface area contributed by atoms with Gasteiger partial charge in [-0.05, 0) is 29.9 Å². The number of para-hydroxylation sites is 1. The molecule has 4 unspecified atom stereocenters. The third kappa shape index (κ3) is 8.04. The lowest BCUT2D eigenvalue weighted by Gasteiger charge is -2.27. The Kier molecular flexibility index (Phi) is 10.2. The van der Waals surface area contributed by atoms with E-state index in [-0.39, 0.29) is 6.42 Å². The minimum Gasteiger partial charge on any atom is -0.481 e. The lowest BCUT2D eigenvalue weighted by atomic mass is 10.00. The topological polar surface area (TPSA) is 204 Å². The zero-order chi connectivity index (χ0) is 27.9. The number of carboxylic acid groups (broad SMARTS) is 2. The van der Waals surface area contributed by atoms with E-state index in [1.165, 1.54) is 0 Å². The van der Waals surface area contributed by atoms with Gasteiger partial charge in [-0.3, -0.25) is 19.2 Å². The van der Waals surface area contributed by atoms with E-state index in [0.717, 1.165) is 16.5 Å². The van der Waals surface area contributed by atoms with E-state index in [1.807, 2.05) is 24.3 Å². The molecular formula is C25H35N5O7. The highest BCUT2D eigenvalue weighted by atomic mass is 16.4. The van der Waals surface area contributed by atoms with Crippen LogP contribution >= 0.6 is 0 Å². The van der Waals surface area contributed by atoms with Crippen LogP contribution in [0.1, 0.15) is 39.7 Å². The number of aromatic amines is 1. The van der Waals surface area contributed by atoms with Gasteiger partial charge in [0.15, 0.2) is 0 Å². The molecule has 2 rings (SSSR count). The quantitative estimate of drug-likeness (QED) is 0.197. The Morgan fingerprint density at radius 1 is 0.865 bits per heavy atom. The fourth-order valence-corrected chi connectivity index (χ4v) is 3.84. The molecule has 12 heteroatoms. The first-order valence-electron chi connectivity index (χ1n) is 12.0. The standard InChI is InChI=1S/C25H35N5O7/c1-12(2)20(29-22(33)16(26)9-14-11-27-17-8-6-5-7-15(14)17)24(35)28-18(10-19(31)32)23(34)30-21(13(3)4)25(36)37/h5-8,11-13,16,18,20-21,27H,9-10,26H2,1-4H3,(H,28,35)(H,29,33)(H,30,34)(H,31,32)(H,36,37). The first-order chi connectivity index (χ1) is 17.3. The van der Waals surface area contributed by atoms with Crippen molar-refractivity contribution >= 4 is 40.6 Å². The SMILES string of the molecule is CC(C)C(NC(=O)C(CC(=O)O)NC(=O)C(NC(=O)C(N)Cc1c[nH]c2ccccc12)C(C)C)C(=O)O. The van der Waals surface area contributed by atoms with Gasteiger partial charge in [0.25, 0.3) is 0 Å². The highest BCUT2D eigenvalue weighted by Gasteiger charge is 2.33. The number of H-pyrrole nitrogens is 1. The van der Waals surface area contributed by atoms with Crippen LogP contribution in [0, 0.1) is 11.8 Å². The van der Waals surface area contributed by atoms with Crippen LogP contribution in [0.25, 0.3) is 10.9 Å². The number of hydrogen-bond donors (Lipinski definition) is 7. The van der Waals surface area contributed by atoms with Gasteiger partial charge in [0.1, 0.15) is 18.1 Å². The second-order valence-corrected chi connectivity index (χ2v) is 9.63. The molecule has 2 aromatic rings. The number of carboxylic acids is 2. The number of nitrogens with two attached hydrogens (primary N) is 1. The van der Waals surface area contributed by atoms with Gasteiger partial charge in [-0.15, -0.1) is 0 Å². The second-order valence-electron chi connectivity index (χ2n) is 9.63. The molecule has 37 heavy (non-hydrogen) atoms. The molecule has 0 spiro atoms. The highest BCUT2D eigenvalue weighted by Crippen LogP contribution is 2.19. The van der Waals surface area contributed by atoms with Gasteiger partial charge >= 0.3 is 11.9 Å². The van der Waals surface area contributed by atoms with Gasteiger partial charge in [-0.25, -0.2) is 4.79 Å². The first-order valence-corrected chi connectivity index (χ1v) is 12.0. The Balaban J connectivity index is 2.11. The largest absolute Gasteiger partial charge is 0.481 e. The summed E-state index contributed by atoms with van der Waals surface area (Å²) in [4.78, 5) is 64.4. The van der Waals surface area contributed by atoms with Gasteiger partial charge in [0, 0.05) is 17.1 Å². The first kappa shape index (κ1) is 29.3. The Morgan fingerprint density at radius 2 is 1.46 bits per heavy atom. The van der Waals surface area contributed by atoms with E-state index in [0.29, 0.717) is 0 Å². The van der Waals surface area contributed by atoms with Crippen molar-refractivity contribution < 1.29 is 34.2 Å². The number of rotatable bonds is 13. The van der Waals surface area contributed by atoms with Crippen molar-refractivity contribution in [3.05, 3.63) is 36.0 Å². The predicted octanol–water partition coefficient (Wildman–Crippen LogP) is 0.363. The molecule has 0 radical (unpaired) electrons. The van der Waals surface area contributed by atoms with E-state index in [2.05, 4.69) is 20.9 Å². The molecule has 202 valence electrons. The van der Waals surface area contributed by atoms with Crippen LogP contribution in [0.3, 0.4) is 0 Å². The minimum absolute atomic E-state index is 0.206. The average molecular weight is 518 g/mol. The van der Waals surface area contributed by atoms with Crippen molar-refractivity contribution in [1.82, 2.24) is 20.9 Å². The molecule has 0 aliphatic rings. The summed E-state index contributed by atoms with van der Waals surface area (Å²) >= 11 is 0. The Bertz CT molecular complexity index is 1140. The van der Waals surface area contributed by atoms with Crippen LogP contribution in [0.4, 0.5) is 0 Å². The van der Waals surface area contributed by atoms with Crippen molar-refractivity contribution in [2.75, 3.05) is 0 Å². The average Bonchev–Trinajstić information content (AvgIpc) is 3.21. The highest BCUT2D eigenvalue weighted by molar-refractivity contribution is 5.96. The van der Waals surface area contributed by atoms with E-state index in [1.54, 1.807) is 33.9 Å². The predicted molar refractivity (Wildman–Crippen MR) is 135 cm³/mol. The number of carbonyl (C=O) groups excluding carboxylic acids is 3. The normalized spacial score (nSPS) is 14.6. The molecule has 0 saturated carbocycles. The number of fused-ring (bicyclic) bond motifs is 1. The minimum atomic E-state index is -1.55. The second kappa shape index (κ2) is 12.9. The van der Waals surface area contributed by atoms with Crippen LogP contribution in [0.5, 0.6) is 0 Å². The van der Waals surface area contributed by atoms with Crippen LogP contribution < -0.4 is 21.7 Å². The maximum atomic E-state index is 13.0. The summed E-state index contributed by atoms with van der Waals surface area (Å²) in [5.41, 5.74) is 7.85. The van der Waals surface area contributed by atoms with Gasteiger partial charge in [-0.2, -0.15) is 0 Å². The summed E-state index contributed by atoms with van der Waals surface area (Å²) in [6.07, 6.45) is 1.19. The zero-order valence-corrected chi connectivity index (χ0v) is 21.3. The smallest absolute Gasteiger partial charge is 0.326 e. The molecule has 1 aromatic carbocycles. The van der Waals surface area contributed by atoms with Crippen molar-refractivity contribution in [2.24, 2.45) is 17.6 Å². The van der Waals surface area contributed by atoms with Gasteiger partial charge in [0.05, 0.1) is 12.5 Å². The van der Waals surface area contributed by atoms with Crippen molar-refractivity contribution in [3.63, 3.8) is 0 Å². The molecule has 8 N–H and O–H groups in total. The number of carbonyl (C=O) groups is 5. The van der Waals surface area contributed by atoms with E-state index in [4.69, 9.17) is 5.73 Å². The van der Waals surface area contributed by atoms with Gasteiger partial charge in [-0.1, -0.05) is 45.9 Å². The van der Waals surface area contributed by atoms with Gasteiger partial charge in [0.2, 0.25) is 17.7 Å². The molecule has 4 atom stereocenters. The molecule has 0 bridgehead atoms. The fraction of sp³-hybridized carbons (Fsp3) is 0.480. The summed E-state index contributed by atoms with van der Waals surface area (Å²) in [5.74, 6) is -5.92. The molecule has 0 saturated heterocycles. The fourth-order valence-electron chi connectivity index (χ4n) is 3.84. The molecule has 1 aromatic heterocycles. The number of nitrogens with one attached hydrogen (secondary N) is 4. The molecule has 0 fully saturated rings. The number of amides is 3. The maximum absolute atomic E-state index is 13.0. The molecule has 3 amide bonds. The molecule has 1 heterocycles. The number of benzene rings is 1. The summed E-state index contributed by atoms with van der Waals surface area (Å²) in [7, 11) is 0. The van der Waals surface area contributed by atoms with Crippen molar-refractivity contribution in [2.45, 2.75) is 64.7 Å². The van der Waals surface area contributed by atoms with E-state index < -0.39 is 72.1 Å². The Morgan fingerprint density at radius 3 is 2.03 bits per heavy atom. The monoisotopic (exact) mass is 517 g/mol. The van der Waals surface area contributed by atoms with Crippen LogP contribution in [0.15, 0.2) is 30.5 Å². The maximum Gasteiger partial charge on any atom is 0.326 e. The lowest BCUT2D eigenvalue weighted by Crippen LogP contribution is -2.59. The molecule has 0 aliphatic heterocycles. The van der Waals surface area contributed by atoms with Crippen LogP contribution in [-0.4, -0.2) is 69.0 Å². The van der Waals surface area contributed by atoms with Crippen LogP contribution in [-0.2, 0) is 30.4 Å². The third-order valence-corrected chi connectivity index (χ3v) is 5.94. The Hall–Kier alpha value is -3.93. The number of aromatic nitrogens is 1. The summed E-state index contributed by atoms with van der Waals surface area (Å²) < 4.78 is 0. The summed E-state index contributed by atoms with van der Waals surface area (Å²) in [6, 6.07) is 2.62. The molecule has 0 aliphatic carbocycles. The van der Waals surface area contributed by atoms with Crippen LogP contribution in [0.2, 0.25) is 0 Å². The third-order valence-electron chi connectivity index (χ3n) is 5.94. The van der Waals surface area contributed by atoms with E-state index >= 15 is 0 Å². The van der Waals surface area contributed by atoms with Crippen molar-refractivity contribution in [1.29, 1.82) is 0 Å². The number of aliphatic carboxylic acids is 2. The van der Waals surface area contributed by atoms with Gasteiger partial charge < -0.3 is 36.9 Å². The van der Waals surface area contributed by atoms with E-state index in [9.17, 15) is 34.2 Å². The van der Waals surface area contributed by atoms with Crippen molar-refractivity contribution in [3.8, 4) is 0 Å². The number of hydrogen-bond acceptors (Lipinski definition) is 6.